The van der Waals surface area contributed by atoms with Gasteiger partial charge in [0.25, 0.3) is 5.91 Å². The Morgan fingerprint density at radius 3 is 2.43 bits per heavy atom. The second-order valence-electron chi connectivity index (χ2n) is 9.15. The zero-order valence-electron chi connectivity index (χ0n) is 20.6. The van der Waals surface area contributed by atoms with E-state index in [4.69, 9.17) is 22.1 Å². The quantitative estimate of drug-likeness (QED) is 0.488. The number of hydrogen-bond donors (Lipinski definition) is 2. The molecule has 0 bridgehead atoms. The van der Waals surface area contributed by atoms with Gasteiger partial charge >= 0.3 is 0 Å². The molecular formula is C26H29ClFN7O2. The molecule has 9 nitrogen and oxygen atoms in total. The van der Waals surface area contributed by atoms with Crippen molar-refractivity contribution < 1.29 is 13.9 Å². The lowest BCUT2D eigenvalue weighted by Crippen LogP contribution is -2.44. The summed E-state index contributed by atoms with van der Waals surface area (Å²) in [7, 11) is 2.07. The van der Waals surface area contributed by atoms with Crippen LogP contribution in [0.4, 0.5) is 27.3 Å². The normalized spacial score (nSPS) is 16.6. The standard InChI is InChI=1S/C26H29ClFN7O2/c1-33-8-10-34(11-9-33)20-7-6-19(21(28)23(20)32-25-22(29)24(27)30-16-31-25)17-2-4-18(5-3-17)26(36)35-12-14-37-15-13-35/h2-7,16H,8-15,29H2,1H3,(H,30,31,32). The molecule has 3 N–H and O–H groups in total. The summed E-state index contributed by atoms with van der Waals surface area (Å²) in [6.45, 7) is 5.43. The second kappa shape index (κ2) is 10.9. The minimum absolute atomic E-state index is 0.0563. The number of nitrogen functional groups attached to an aromatic ring is 1. The van der Waals surface area contributed by atoms with Crippen molar-refractivity contribution in [1.29, 1.82) is 0 Å². The van der Waals surface area contributed by atoms with Gasteiger partial charge in [-0.25, -0.2) is 14.4 Å². The van der Waals surface area contributed by atoms with E-state index in [-0.39, 0.29) is 28.3 Å². The van der Waals surface area contributed by atoms with E-state index in [1.807, 2.05) is 6.07 Å². The fourth-order valence-electron chi connectivity index (χ4n) is 4.55. The summed E-state index contributed by atoms with van der Waals surface area (Å²) in [5, 5.41) is 3.17. The zero-order chi connectivity index (χ0) is 25.9. The summed E-state index contributed by atoms with van der Waals surface area (Å²) in [5.41, 5.74) is 8.79. The van der Waals surface area contributed by atoms with Crippen LogP contribution < -0.4 is 16.0 Å². The molecule has 37 heavy (non-hydrogen) atoms. The largest absolute Gasteiger partial charge is 0.393 e. The Balaban J connectivity index is 1.49. The summed E-state index contributed by atoms with van der Waals surface area (Å²) < 4.78 is 21.5. The number of likely N-dealkylation sites (N-methyl/N-ethyl adjacent to an activating group) is 1. The number of carbonyl (C=O) groups is 1. The molecule has 2 fully saturated rings. The molecule has 3 heterocycles. The molecule has 2 aromatic carbocycles. The van der Waals surface area contributed by atoms with Crippen LogP contribution in [0.2, 0.25) is 5.15 Å². The number of amides is 1. The van der Waals surface area contributed by atoms with Crippen molar-refractivity contribution in [1.82, 2.24) is 19.8 Å². The summed E-state index contributed by atoms with van der Waals surface area (Å²) in [6.07, 6.45) is 1.28. The molecule has 0 unspecified atom stereocenters. The smallest absolute Gasteiger partial charge is 0.254 e. The Morgan fingerprint density at radius 2 is 1.73 bits per heavy atom. The summed E-state index contributed by atoms with van der Waals surface area (Å²) in [5.74, 6) is -0.269. The third-order valence-corrected chi connectivity index (χ3v) is 7.08. The van der Waals surface area contributed by atoms with Gasteiger partial charge in [-0.05, 0) is 36.9 Å². The van der Waals surface area contributed by atoms with Crippen LogP contribution in [-0.2, 0) is 4.74 Å². The van der Waals surface area contributed by atoms with E-state index in [2.05, 4.69) is 32.1 Å². The lowest BCUT2D eigenvalue weighted by molar-refractivity contribution is 0.0303. The molecule has 0 radical (unpaired) electrons. The SMILES string of the molecule is CN1CCN(c2ccc(-c3ccc(C(=O)N4CCOCC4)cc3)c(F)c2Nc2ncnc(Cl)c2N)CC1. The third kappa shape index (κ3) is 5.31. The van der Waals surface area contributed by atoms with Crippen molar-refractivity contribution in [3.63, 3.8) is 0 Å². The Bertz CT molecular complexity index is 1280. The van der Waals surface area contributed by atoms with Gasteiger partial charge in [-0.1, -0.05) is 23.7 Å². The van der Waals surface area contributed by atoms with E-state index in [1.54, 1.807) is 35.2 Å². The summed E-state index contributed by atoms with van der Waals surface area (Å²) >= 11 is 6.08. The first-order valence-electron chi connectivity index (χ1n) is 12.2. The number of anilines is 4. The maximum absolute atomic E-state index is 16.2. The second-order valence-corrected chi connectivity index (χ2v) is 9.50. The van der Waals surface area contributed by atoms with E-state index in [1.165, 1.54) is 6.33 Å². The van der Waals surface area contributed by atoms with Gasteiger partial charge in [0.05, 0.1) is 18.9 Å². The van der Waals surface area contributed by atoms with Crippen molar-refractivity contribution in [3.05, 3.63) is 59.3 Å². The number of aromatic nitrogens is 2. The van der Waals surface area contributed by atoms with Gasteiger partial charge in [0, 0.05) is 50.4 Å². The fraction of sp³-hybridized carbons (Fsp3) is 0.346. The molecule has 2 aliphatic rings. The Labute approximate surface area is 220 Å². The molecule has 1 aromatic heterocycles. The van der Waals surface area contributed by atoms with Crippen molar-refractivity contribution in [2.75, 3.05) is 75.5 Å². The van der Waals surface area contributed by atoms with E-state index < -0.39 is 5.82 Å². The van der Waals surface area contributed by atoms with Gasteiger partial charge < -0.3 is 30.5 Å². The fourth-order valence-corrected chi connectivity index (χ4v) is 4.69. The predicted octanol–water partition coefficient (Wildman–Crippen LogP) is 3.49. The topological polar surface area (TPSA) is 99.8 Å². The van der Waals surface area contributed by atoms with Crippen LogP contribution in [0.15, 0.2) is 42.7 Å². The Hall–Kier alpha value is -3.47. The number of nitrogens with two attached hydrogens (primary N) is 1. The zero-order valence-corrected chi connectivity index (χ0v) is 21.3. The number of ether oxygens (including phenoxy) is 1. The predicted molar refractivity (Wildman–Crippen MR) is 143 cm³/mol. The minimum Gasteiger partial charge on any atom is -0.393 e. The molecule has 0 atom stereocenters. The number of nitrogens with zero attached hydrogens (tertiary/aromatic N) is 5. The molecule has 1 amide bonds. The van der Waals surface area contributed by atoms with Crippen molar-refractivity contribution in [3.8, 4) is 11.1 Å². The van der Waals surface area contributed by atoms with Gasteiger partial charge in [-0.15, -0.1) is 0 Å². The number of piperazine rings is 1. The first kappa shape index (κ1) is 25.2. The molecule has 11 heteroatoms. The highest BCUT2D eigenvalue weighted by Gasteiger charge is 2.24. The van der Waals surface area contributed by atoms with Crippen LogP contribution in [-0.4, -0.2) is 85.2 Å². The number of nitrogens with one attached hydrogen (secondary N) is 1. The van der Waals surface area contributed by atoms with Crippen molar-refractivity contribution >= 4 is 40.4 Å². The lowest BCUT2D eigenvalue weighted by Gasteiger charge is -2.35. The average molecular weight is 526 g/mol. The number of morpholine rings is 1. The first-order chi connectivity index (χ1) is 17.9. The molecule has 194 valence electrons. The van der Waals surface area contributed by atoms with E-state index >= 15 is 4.39 Å². The van der Waals surface area contributed by atoms with E-state index in [0.29, 0.717) is 48.7 Å². The molecule has 2 aliphatic heterocycles. The number of halogens is 2. The minimum atomic E-state index is -0.446. The van der Waals surface area contributed by atoms with Crippen LogP contribution in [0.25, 0.3) is 11.1 Å². The first-order valence-corrected chi connectivity index (χ1v) is 12.6. The molecule has 0 aliphatic carbocycles. The summed E-state index contributed by atoms with van der Waals surface area (Å²) in [6, 6.07) is 10.7. The average Bonchev–Trinajstić information content (AvgIpc) is 2.93. The number of rotatable bonds is 5. The highest BCUT2D eigenvalue weighted by molar-refractivity contribution is 6.32. The highest BCUT2D eigenvalue weighted by atomic mass is 35.5. The number of carbonyl (C=O) groups excluding carboxylic acids is 1. The number of benzene rings is 2. The van der Waals surface area contributed by atoms with Crippen LogP contribution in [0, 0.1) is 5.82 Å². The molecule has 3 aromatic rings. The highest BCUT2D eigenvalue weighted by Crippen LogP contribution is 2.39. The van der Waals surface area contributed by atoms with Gasteiger partial charge in [0.1, 0.15) is 17.7 Å². The maximum atomic E-state index is 16.2. The molecule has 0 spiro atoms. The monoisotopic (exact) mass is 525 g/mol. The molecule has 0 saturated carbocycles. The van der Waals surface area contributed by atoms with Gasteiger partial charge in [-0.3, -0.25) is 4.79 Å². The van der Waals surface area contributed by atoms with Gasteiger partial charge in [-0.2, -0.15) is 0 Å². The van der Waals surface area contributed by atoms with Gasteiger partial charge in [0.2, 0.25) is 0 Å². The van der Waals surface area contributed by atoms with Crippen LogP contribution in [0.3, 0.4) is 0 Å². The Morgan fingerprint density at radius 1 is 1.03 bits per heavy atom. The lowest BCUT2D eigenvalue weighted by atomic mass is 10.0. The van der Waals surface area contributed by atoms with Crippen molar-refractivity contribution in [2.24, 2.45) is 0 Å². The van der Waals surface area contributed by atoms with E-state index in [9.17, 15) is 4.79 Å². The van der Waals surface area contributed by atoms with Crippen molar-refractivity contribution in [2.45, 2.75) is 0 Å². The van der Waals surface area contributed by atoms with E-state index in [0.717, 1.165) is 26.2 Å². The number of hydrogen-bond acceptors (Lipinski definition) is 8. The molecule has 2 saturated heterocycles. The van der Waals surface area contributed by atoms with Gasteiger partial charge in [0.15, 0.2) is 16.8 Å². The Kier molecular flexibility index (Phi) is 7.40. The van der Waals surface area contributed by atoms with Crippen LogP contribution in [0.1, 0.15) is 10.4 Å². The van der Waals surface area contributed by atoms with Crippen LogP contribution >= 0.6 is 11.6 Å². The molecular weight excluding hydrogens is 497 g/mol. The van der Waals surface area contributed by atoms with Crippen LogP contribution in [0.5, 0.6) is 0 Å². The maximum Gasteiger partial charge on any atom is 0.254 e. The molecule has 5 rings (SSSR count). The third-order valence-electron chi connectivity index (χ3n) is 6.78. The summed E-state index contributed by atoms with van der Waals surface area (Å²) in [4.78, 5) is 27.0.